The average molecular weight is 344 g/mol. The Morgan fingerprint density at radius 2 is 1.79 bits per heavy atom. The van der Waals surface area contributed by atoms with Crippen molar-refractivity contribution < 1.29 is 4.79 Å². The number of hydrogen-bond acceptors (Lipinski definition) is 3. The Kier molecular flexibility index (Phi) is 4.85. The lowest BCUT2D eigenvalue weighted by atomic mass is 10.3. The van der Waals surface area contributed by atoms with Crippen molar-refractivity contribution in [3.63, 3.8) is 0 Å². The van der Waals surface area contributed by atoms with Gasteiger partial charge in [0.05, 0.1) is 22.8 Å². The molecule has 128 valence electrons. The summed E-state index contributed by atoms with van der Waals surface area (Å²) in [6.45, 7) is 9.83. The number of benzene rings is 1. The molecule has 3 rings (SSSR count). The first-order valence-electron chi connectivity index (χ1n) is 8.28. The van der Waals surface area contributed by atoms with Crippen molar-refractivity contribution >= 4 is 23.5 Å². The van der Waals surface area contributed by atoms with E-state index in [1.165, 1.54) is 0 Å². The van der Waals surface area contributed by atoms with E-state index in [1.54, 1.807) is 0 Å². The first-order valence-corrected chi connectivity index (χ1v) is 9.23. The molecule has 24 heavy (non-hydrogen) atoms. The molecule has 1 aromatic heterocycles. The van der Waals surface area contributed by atoms with Crippen LogP contribution in [0.15, 0.2) is 30.3 Å². The smallest absolute Gasteiger partial charge is 0.322 e. The van der Waals surface area contributed by atoms with Crippen molar-refractivity contribution in [3.8, 4) is 5.69 Å². The van der Waals surface area contributed by atoms with Crippen molar-refractivity contribution in [2.75, 3.05) is 18.4 Å². The number of carbonyl (C=O) groups excluding carboxylic acids is 1. The van der Waals surface area contributed by atoms with Gasteiger partial charge in [-0.25, -0.2) is 9.48 Å². The Hall–Kier alpha value is -1.95. The Morgan fingerprint density at radius 1 is 1.17 bits per heavy atom. The van der Waals surface area contributed by atoms with Gasteiger partial charge >= 0.3 is 6.03 Å². The van der Waals surface area contributed by atoms with E-state index in [4.69, 9.17) is 0 Å². The topological polar surface area (TPSA) is 50.2 Å². The number of aromatic nitrogens is 2. The van der Waals surface area contributed by atoms with E-state index in [2.05, 4.69) is 24.3 Å². The quantitative estimate of drug-likeness (QED) is 0.900. The zero-order valence-corrected chi connectivity index (χ0v) is 15.4. The first kappa shape index (κ1) is 16.9. The highest BCUT2D eigenvalue weighted by Crippen LogP contribution is 2.27. The lowest BCUT2D eigenvalue weighted by Gasteiger charge is -2.34. The second-order valence-electron chi connectivity index (χ2n) is 6.39. The van der Waals surface area contributed by atoms with Crippen LogP contribution in [0, 0.1) is 13.8 Å². The third-order valence-electron chi connectivity index (χ3n) is 4.23. The lowest BCUT2D eigenvalue weighted by Crippen LogP contribution is -2.46. The minimum absolute atomic E-state index is 0.0344. The maximum Gasteiger partial charge on any atom is 0.322 e. The van der Waals surface area contributed by atoms with E-state index < -0.39 is 0 Å². The molecule has 0 unspecified atom stereocenters. The molecule has 2 heterocycles. The summed E-state index contributed by atoms with van der Waals surface area (Å²) in [6.07, 6.45) is 0. The number of thioether (sulfide) groups is 1. The zero-order chi connectivity index (χ0) is 17.3. The fourth-order valence-electron chi connectivity index (χ4n) is 3.17. The third-order valence-corrected chi connectivity index (χ3v) is 5.46. The normalized spacial score (nSPS) is 20.9. The van der Waals surface area contributed by atoms with Gasteiger partial charge in [-0.2, -0.15) is 16.9 Å². The van der Waals surface area contributed by atoms with Crippen LogP contribution < -0.4 is 5.32 Å². The molecular weight excluding hydrogens is 320 g/mol. The van der Waals surface area contributed by atoms with E-state index in [9.17, 15) is 4.79 Å². The largest absolute Gasteiger partial charge is 0.322 e. The Balaban J connectivity index is 1.80. The van der Waals surface area contributed by atoms with E-state index in [0.29, 0.717) is 10.5 Å². The van der Waals surface area contributed by atoms with Crippen molar-refractivity contribution in [2.45, 2.75) is 38.2 Å². The number of urea groups is 1. The second kappa shape index (κ2) is 6.89. The number of carbonyl (C=O) groups is 1. The highest BCUT2D eigenvalue weighted by Gasteiger charge is 2.27. The summed E-state index contributed by atoms with van der Waals surface area (Å²) in [6, 6.07) is 9.94. The average Bonchev–Trinajstić information content (AvgIpc) is 2.83. The van der Waals surface area contributed by atoms with Gasteiger partial charge in [0.15, 0.2) is 0 Å². The van der Waals surface area contributed by atoms with Crippen LogP contribution in [0.25, 0.3) is 5.69 Å². The maximum absolute atomic E-state index is 12.7. The van der Waals surface area contributed by atoms with Gasteiger partial charge in [0, 0.05) is 23.6 Å². The molecule has 6 heteroatoms. The van der Waals surface area contributed by atoms with Crippen LogP contribution in [-0.2, 0) is 0 Å². The van der Waals surface area contributed by atoms with Crippen molar-refractivity contribution in [3.05, 3.63) is 41.7 Å². The highest BCUT2D eigenvalue weighted by atomic mass is 32.2. The molecule has 1 aliphatic heterocycles. The van der Waals surface area contributed by atoms with Crippen LogP contribution in [0.3, 0.4) is 0 Å². The summed E-state index contributed by atoms with van der Waals surface area (Å²) in [4.78, 5) is 14.6. The standard InChI is InChI=1S/C18H24N4OS/c1-12-10-21(11-13(2)24-12)18(23)19-17-14(3)20-22(15(17)4)16-8-6-5-7-9-16/h5-9,12-13H,10-11H2,1-4H3,(H,19,23)/t12-,13-/m0/s1. The molecule has 1 aliphatic rings. The summed E-state index contributed by atoms with van der Waals surface area (Å²) in [5.41, 5.74) is 3.58. The van der Waals surface area contributed by atoms with Gasteiger partial charge in [0.2, 0.25) is 0 Å². The lowest BCUT2D eigenvalue weighted by molar-refractivity contribution is 0.211. The number of hydrogen-bond donors (Lipinski definition) is 1. The first-order chi connectivity index (χ1) is 11.5. The molecule has 2 aromatic rings. The maximum atomic E-state index is 12.7. The minimum Gasteiger partial charge on any atom is -0.322 e. The number of para-hydroxylation sites is 1. The fraction of sp³-hybridized carbons (Fsp3) is 0.444. The monoisotopic (exact) mass is 344 g/mol. The zero-order valence-electron chi connectivity index (χ0n) is 14.6. The molecule has 0 radical (unpaired) electrons. The van der Waals surface area contributed by atoms with Gasteiger partial charge in [-0.1, -0.05) is 32.0 Å². The van der Waals surface area contributed by atoms with Crippen LogP contribution in [0.4, 0.5) is 10.5 Å². The third kappa shape index (κ3) is 3.43. The molecule has 1 aromatic carbocycles. The molecule has 0 spiro atoms. The minimum atomic E-state index is -0.0344. The molecule has 0 saturated carbocycles. The number of amides is 2. The molecule has 1 N–H and O–H groups in total. The van der Waals surface area contributed by atoms with Crippen molar-refractivity contribution in [1.29, 1.82) is 0 Å². The molecule has 1 fully saturated rings. The van der Waals surface area contributed by atoms with E-state index >= 15 is 0 Å². The van der Waals surface area contributed by atoms with Gasteiger partial charge in [0.25, 0.3) is 0 Å². The van der Waals surface area contributed by atoms with Gasteiger partial charge in [-0.15, -0.1) is 0 Å². The molecule has 0 aliphatic carbocycles. The van der Waals surface area contributed by atoms with Crippen LogP contribution in [0.1, 0.15) is 25.2 Å². The summed E-state index contributed by atoms with van der Waals surface area (Å²) in [7, 11) is 0. The van der Waals surface area contributed by atoms with Crippen LogP contribution in [-0.4, -0.2) is 44.3 Å². The predicted molar refractivity (Wildman–Crippen MR) is 100 cm³/mol. The van der Waals surface area contributed by atoms with Gasteiger partial charge in [-0.3, -0.25) is 0 Å². The summed E-state index contributed by atoms with van der Waals surface area (Å²) in [5.74, 6) is 0. The molecule has 0 bridgehead atoms. The molecule has 2 atom stereocenters. The summed E-state index contributed by atoms with van der Waals surface area (Å²) < 4.78 is 1.88. The Labute approximate surface area is 147 Å². The SMILES string of the molecule is Cc1nn(-c2ccccc2)c(C)c1NC(=O)N1C[C@H](C)S[C@@H](C)C1. The molecule has 5 nitrogen and oxygen atoms in total. The van der Waals surface area contributed by atoms with Crippen LogP contribution in [0.2, 0.25) is 0 Å². The van der Waals surface area contributed by atoms with Gasteiger partial charge in [-0.05, 0) is 26.0 Å². The molecular formula is C18H24N4OS. The highest BCUT2D eigenvalue weighted by molar-refractivity contribution is 8.00. The Bertz CT molecular complexity index is 718. The number of rotatable bonds is 2. The van der Waals surface area contributed by atoms with Crippen molar-refractivity contribution in [2.24, 2.45) is 0 Å². The Morgan fingerprint density at radius 3 is 2.42 bits per heavy atom. The number of nitrogens with one attached hydrogen (secondary N) is 1. The summed E-state index contributed by atoms with van der Waals surface area (Å²) in [5, 5.41) is 8.59. The molecule has 2 amide bonds. The number of nitrogens with zero attached hydrogens (tertiary/aromatic N) is 3. The summed E-state index contributed by atoms with van der Waals surface area (Å²) >= 11 is 1.94. The van der Waals surface area contributed by atoms with Crippen LogP contribution in [0.5, 0.6) is 0 Å². The van der Waals surface area contributed by atoms with Crippen molar-refractivity contribution in [1.82, 2.24) is 14.7 Å². The second-order valence-corrected chi connectivity index (χ2v) is 8.27. The fourth-order valence-corrected chi connectivity index (χ4v) is 4.50. The number of aryl methyl sites for hydroxylation is 1. The van der Waals surface area contributed by atoms with Gasteiger partial charge < -0.3 is 10.2 Å². The van der Waals surface area contributed by atoms with E-state index in [0.717, 1.165) is 35.9 Å². The van der Waals surface area contributed by atoms with E-state index in [-0.39, 0.29) is 6.03 Å². The predicted octanol–water partition coefficient (Wildman–Crippen LogP) is 3.85. The van der Waals surface area contributed by atoms with Gasteiger partial charge in [0.1, 0.15) is 0 Å². The van der Waals surface area contributed by atoms with E-state index in [1.807, 2.05) is 65.5 Å². The van der Waals surface area contributed by atoms with Crippen LogP contribution >= 0.6 is 11.8 Å². The number of anilines is 1. The molecule has 1 saturated heterocycles.